The highest BCUT2D eigenvalue weighted by molar-refractivity contribution is 7.92. The fourth-order valence-electron chi connectivity index (χ4n) is 2.59. The number of urea groups is 1. The van der Waals surface area contributed by atoms with Crippen LogP contribution in [0.3, 0.4) is 0 Å². The van der Waals surface area contributed by atoms with Crippen LogP contribution in [0.5, 0.6) is 0 Å². The van der Waals surface area contributed by atoms with Gasteiger partial charge in [-0.2, -0.15) is 0 Å². The van der Waals surface area contributed by atoms with Crippen LogP contribution in [0, 0.1) is 13.8 Å². The first-order valence-corrected chi connectivity index (χ1v) is 8.76. The number of aryl methyl sites for hydroxylation is 2. The molecular formula is C14H22N2O4S. The van der Waals surface area contributed by atoms with Gasteiger partial charge < -0.3 is 14.6 Å². The van der Waals surface area contributed by atoms with Crippen molar-refractivity contribution in [3.63, 3.8) is 0 Å². The predicted octanol–water partition coefficient (Wildman–Crippen LogP) is 1.61. The molecular weight excluding hydrogens is 292 g/mol. The molecule has 7 heteroatoms. The molecule has 2 heterocycles. The highest BCUT2D eigenvalue weighted by atomic mass is 32.2. The minimum absolute atomic E-state index is 0.0236. The summed E-state index contributed by atoms with van der Waals surface area (Å²) in [4.78, 5) is 13.8. The van der Waals surface area contributed by atoms with Crippen molar-refractivity contribution in [2.75, 3.05) is 12.3 Å². The molecule has 0 unspecified atom stereocenters. The Morgan fingerprint density at radius 3 is 2.67 bits per heavy atom. The molecule has 0 spiro atoms. The minimum atomic E-state index is -3.08. The highest BCUT2D eigenvalue weighted by Crippen LogP contribution is 2.19. The normalized spacial score (nSPS) is 24.9. The van der Waals surface area contributed by atoms with Crippen LogP contribution in [0.4, 0.5) is 4.79 Å². The average molecular weight is 314 g/mol. The first-order chi connectivity index (χ1) is 9.72. The van der Waals surface area contributed by atoms with E-state index >= 15 is 0 Å². The number of carbonyl (C=O) groups is 1. The maximum absolute atomic E-state index is 12.2. The number of nitrogens with zero attached hydrogens (tertiary/aromatic N) is 1. The first-order valence-electron chi connectivity index (χ1n) is 7.04. The molecule has 6 nitrogen and oxygen atoms in total. The van der Waals surface area contributed by atoms with Crippen molar-refractivity contribution in [3.05, 3.63) is 23.2 Å². The Bertz CT molecular complexity index is 635. The molecule has 2 atom stereocenters. The number of amides is 2. The van der Waals surface area contributed by atoms with E-state index < -0.39 is 15.1 Å². The summed E-state index contributed by atoms with van der Waals surface area (Å²) in [6.45, 7) is 7.76. The summed E-state index contributed by atoms with van der Waals surface area (Å²) in [5.74, 6) is 1.62. The van der Waals surface area contributed by atoms with Crippen LogP contribution >= 0.6 is 0 Å². The molecule has 118 valence electrons. The lowest BCUT2D eigenvalue weighted by Crippen LogP contribution is -2.56. The van der Waals surface area contributed by atoms with E-state index in [-0.39, 0.29) is 24.4 Å². The number of hydrogen-bond donors (Lipinski definition) is 1. The van der Waals surface area contributed by atoms with E-state index in [9.17, 15) is 13.2 Å². The Balaban J connectivity index is 1.99. The minimum Gasteiger partial charge on any atom is -0.466 e. The summed E-state index contributed by atoms with van der Waals surface area (Å²) in [6, 6.07) is 1.33. The van der Waals surface area contributed by atoms with Gasteiger partial charge in [0.2, 0.25) is 0 Å². The summed E-state index contributed by atoms with van der Waals surface area (Å²) in [5, 5.41) is 2.30. The second-order valence-electron chi connectivity index (χ2n) is 5.60. The number of rotatable bonds is 2. The average Bonchev–Trinajstić information content (AvgIpc) is 2.72. The zero-order chi connectivity index (χ0) is 15.8. The van der Waals surface area contributed by atoms with Crippen LogP contribution in [0.2, 0.25) is 0 Å². The van der Waals surface area contributed by atoms with Crippen LogP contribution in [0.1, 0.15) is 30.9 Å². The number of hydrogen-bond acceptors (Lipinski definition) is 4. The van der Waals surface area contributed by atoms with Crippen molar-refractivity contribution >= 4 is 15.9 Å². The van der Waals surface area contributed by atoms with E-state index in [2.05, 4.69) is 5.32 Å². The third-order valence-electron chi connectivity index (χ3n) is 4.19. The van der Waals surface area contributed by atoms with E-state index in [1.54, 1.807) is 18.7 Å². The summed E-state index contributed by atoms with van der Waals surface area (Å²) in [6.07, 6.45) is 0. The van der Waals surface area contributed by atoms with Crippen molar-refractivity contribution < 1.29 is 17.6 Å². The molecule has 1 aliphatic heterocycles. The molecule has 1 N–H and O–H groups in total. The second-order valence-corrected chi connectivity index (χ2v) is 8.08. The summed E-state index contributed by atoms with van der Waals surface area (Å²) >= 11 is 0. The van der Waals surface area contributed by atoms with E-state index in [1.807, 2.05) is 19.9 Å². The molecule has 0 aliphatic carbocycles. The van der Waals surface area contributed by atoms with E-state index in [0.717, 1.165) is 17.1 Å². The van der Waals surface area contributed by atoms with E-state index in [1.165, 1.54) is 0 Å². The first kappa shape index (κ1) is 15.9. The van der Waals surface area contributed by atoms with Crippen LogP contribution in [0.15, 0.2) is 10.5 Å². The Morgan fingerprint density at radius 2 is 2.10 bits per heavy atom. The van der Waals surface area contributed by atoms with Gasteiger partial charge in [0.1, 0.15) is 11.5 Å². The molecule has 0 bridgehead atoms. The Hall–Kier alpha value is -1.50. The van der Waals surface area contributed by atoms with Crippen molar-refractivity contribution in [1.29, 1.82) is 0 Å². The molecule has 1 aromatic heterocycles. The molecule has 1 aromatic rings. The molecule has 1 saturated heterocycles. The number of carbonyl (C=O) groups excluding carboxylic acids is 1. The number of nitrogens with one attached hydrogen (secondary N) is 1. The fourth-order valence-corrected chi connectivity index (χ4v) is 4.16. The maximum atomic E-state index is 12.2. The van der Waals surface area contributed by atoms with Crippen molar-refractivity contribution in [3.8, 4) is 0 Å². The quantitative estimate of drug-likeness (QED) is 0.899. The zero-order valence-corrected chi connectivity index (χ0v) is 13.7. The van der Waals surface area contributed by atoms with Gasteiger partial charge in [-0.3, -0.25) is 0 Å². The molecule has 0 radical (unpaired) electrons. The zero-order valence-electron chi connectivity index (χ0n) is 12.8. The van der Waals surface area contributed by atoms with Crippen molar-refractivity contribution in [1.82, 2.24) is 10.2 Å². The second kappa shape index (κ2) is 5.71. The lowest BCUT2D eigenvalue weighted by Gasteiger charge is -2.37. The molecule has 2 rings (SSSR count). The monoisotopic (exact) mass is 314 g/mol. The number of sulfone groups is 1. The predicted molar refractivity (Wildman–Crippen MR) is 79.8 cm³/mol. The molecule has 1 aliphatic rings. The van der Waals surface area contributed by atoms with Gasteiger partial charge in [-0.05, 0) is 33.8 Å². The molecule has 0 aromatic carbocycles. The largest absolute Gasteiger partial charge is 0.466 e. The SMILES string of the molecule is Cc1cc(CNC(=O)N2CCS(=O)(=O)[C@@H](C)[C@@H]2C)c(C)o1. The highest BCUT2D eigenvalue weighted by Gasteiger charge is 2.37. The standard InChI is InChI=1S/C14H22N2O4S/c1-9-7-13(11(3)20-9)8-15-14(17)16-5-6-21(18,19)12(4)10(16)2/h7,10,12H,5-6,8H2,1-4H3,(H,15,17)/t10-,12-/m0/s1. The van der Waals surface area contributed by atoms with E-state index in [0.29, 0.717) is 6.54 Å². The van der Waals surface area contributed by atoms with Crippen molar-refractivity contribution in [2.45, 2.75) is 45.5 Å². The van der Waals surface area contributed by atoms with E-state index in [4.69, 9.17) is 4.42 Å². The maximum Gasteiger partial charge on any atom is 0.317 e. The lowest BCUT2D eigenvalue weighted by molar-refractivity contribution is 0.177. The lowest BCUT2D eigenvalue weighted by atomic mass is 10.2. The molecule has 0 saturated carbocycles. The van der Waals surface area contributed by atoms with Gasteiger partial charge in [-0.25, -0.2) is 13.2 Å². The molecule has 1 fully saturated rings. The van der Waals surface area contributed by atoms with Gasteiger partial charge in [0.05, 0.1) is 11.0 Å². The third kappa shape index (κ3) is 3.23. The Labute approximate surface area is 125 Å². The summed E-state index contributed by atoms with van der Waals surface area (Å²) in [7, 11) is -3.08. The molecule has 21 heavy (non-hydrogen) atoms. The summed E-state index contributed by atoms with van der Waals surface area (Å²) in [5.41, 5.74) is 0.936. The van der Waals surface area contributed by atoms with Crippen molar-refractivity contribution in [2.24, 2.45) is 0 Å². The van der Waals surface area contributed by atoms with Gasteiger partial charge in [0, 0.05) is 24.7 Å². The van der Waals surface area contributed by atoms with Crippen LogP contribution in [-0.4, -0.2) is 42.9 Å². The van der Waals surface area contributed by atoms with Gasteiger partial charge in [0.15, 0.2) is 9.84 Å². The van der Waals surface area contributed by atoms with Crippen LogP contribution in [0.25, 0.3) is 0 Å². The van der Waals surface area contributed by atoms with Gasteiger partial charge in [-0.1, -0.05) is 0 Å². The van der Waals surface area contributed by atoms with Crippen LogP contribution in [-0.2, 0) is 16.4 Å². The van der Waals surface area contributed by atoms with Gasteiger partial charge in [0.25, 0.3) is 0 Å². The Morgan fingerprint density at radius 1 is 1.43 bits per heavy atom. The summed E-state index contributed by atoms with van der Waals surface area (Å²) < 4.78 is 29.0. The van der Waals surface area contributed by atoms with Crippen LogP contribution < -0.4 is 5.32 Å². The Kier molecular flexibility index (Phi) is 4.32. The van der Waals surface area contributed by atoms with Gasteiger partial charge >= 0.3 is 6.03 Å². The smallest absolute Gasteiger partial charge is 0.317 e. The number of furan rings is 1. The van der Waals surface area contributed by atoms with Gasteiger partial charge in [-0.15, -0.1) is 0 Å². The fraction of sp³-hybridized carbons (Fsp3) is 0.643. The topological polar surface area (TPSA) is 79.6 Å². The third-order valence-corrected chi connectivity index (χ3v) is 6.47. The molecule has 2 amide bonds.